The van der Waals surface area contributed by atoms with Gasteiger partial charge >= 0.3 is 0 Å². The number of imidazole rings is 1. The van der Waals surface area contributed by atoms with Crippen LogP contribution in [-0.4, -0.2) is 28.9 Å². The highest BCUT2D eigenvalue weighted by Gasteiger charge is 2.17. The number of thiazole rings is 1. The smallest absolute Gasteiger partial charge is 0.263 e. The van der Waals surface area contributed by atoms with Crippen molar-refractivity contribution >= 4 is 22.2 Å². The third-order valence-electron chi connectivity index (χ3n) is 3.68. The molecule has 2 aromatic heterocycles. The molecular formula is C17H19N3O2S. The lowest BCUT2D eigenvalue weighted by Gasteiger charge is -2.02. The number of aromatic nitrogens is 2. The molecule has 120 valence electrons. The molecule has 23 heavy (non-hydrogen) atoms. The Morgan fingerprint density at radius 3 is 2.70 bits per heavy atom. The predicted octanol–water partition coefficient (Wildman–Crippen LogP) is 3.52. The minimum absolute atomic E-state index is 0.0224. The molecule has 2 heterocycles. The average Bonchev–Trinajstić information content (AvgIpc) is 3.12. The molecule has 0 fully saturated rings. The predicted molar refractivity (Wildman–Crippen MR) is 92.4 cm³/mol. The molecule has 5 nitrogen and oxygen atoms in total. The van der Waals surface area contributed by atoms with Crippen LogP contribution in [0.1, 0.15) is 28.7 Å². The van der Waals surface area contributed by atoms with E-state index in [0.717, 1.165) is 39.0 Å². The van der Waals surface area contributed by atoms with Crippen LogP contribution in [0.25, 0.3) is 16.2 Å². The number of carbonyl (C=O) groups is 1. The van der Waals surface area contributed by atoms with Gasteiger partial charge in [0.15, 0.2) is 4.96 Å². The van der Waals surface area contributed by atoms with Crippen molar-refractivity contribution in [2.45, 2.75) is 20.3 Å². The van der Waals surface area contributed by atoms with E-state index in [9.17, 15) is 4.79 Å². The first-order valence-electron chi connectivity index (χ1n) is 7.55. The molecule has 3 aromatic rings. The normalized spacial score (nSPS) is 10.9. The van der Waals surface area contributed by atoms with Gasteiger partial charge in [0.2, 0.25) is 0 Å². The van der Waals surface area contributed by atoms with Gasteiger partial charge in [0, 0.05) is 24.0 Å². The molecule has 0 unspecified atom stereocenters. The lowest BCUT2D eigenvalue weighted by Crippen LogP contribution is -2.23. The third kappa shape index (κ3) is 2.94. The first kappa shape index (κ1) is 15.6. The van der Waals surface area contributed by atoms with E-state index in [-0.39, 0.29) is 5.91 Å². The van der Waals surface area contributed by atoms with Crippen molar-refractivity contribution in [3.8, 4) is 17.0 Å². The number of rotatable bonds is 5. The number of amides is 1. The largest absolute Gasteiger partial charge is 0.497 e. The first-order valence-corrected chi connectivity index (χ1v) is 8.36. The van der Waals surface area contributed by atoms with Crippen LogP contribution in [0.3, 0.4) is 0 Å². The minimum atomic E-state index is -0.0224. The highest BCUT2D eigenvalue weighted by molar-refractivity contribution is 7.19. The molecular weight excluding hydrogens is 310 g/mol. The van der Waals surface area contributed by atoms with Crippen LogP contribution in [0.4, 0.5) is 0 Å². The summed E-state index contributed by atoms with van der Waals surface area (Å²) in [5.74, 6) is 0.798. The van der Waals surface area contributed by atoms with Crippen molar-refractivity contribution in [3.05, 3.63) is 41.0 Å². The lowest BCUT2D eigenvalue weighted by molar-refractivity contribution is 0.0957. The van der Waals surface area contributed by atoms with Crippen molar-refractivity contribution in [1.29, 1.82) is 0 Å². The van der Waals surface area contributed by atoms with Gasteiger partial charge in [0.1, 0.15) is 10.6 Å². The van der Waals surface area contributed by atoms with Crippen LogP contribution in [0, 0.1) is 6.92 Å². The molecule has 3 rings (SSSR count). The maximum Gasteiger partial charge on any atom is 0.263 e. The Morgan fingerprint density at radius 2 is 2.09 bits per heavy atom. The van der Waals surface area contributed by atoms with E-state index >= 15 is 0 Å². The third-order valence-corrected chi connectivity index (χ3v) is 4.84. The summed E-state index contributed by atoms with van der Waals surface area (Å²) in [6, 6.07) is 7.80. The van der Waals surface area contributed by atoms with Crippen molar-refractivity contribution < 1.29 is 9.53 Å². The van der Waals surface area contributed by atoms with Crippen LogP contribution < -0.4 is 10.1 Å². The van der Waals surface area contributed by atoms with E-state index < -0.39 is 0 Å². The summed E-state index contributed by atoms with van der Waals surface area (Å²) in [5, 5.41) is 2.92. The van der Waals surface area contributed by atoms with Crippen LogP contribution in [-0.2, 0) is 0 Å². The number of benzene rings is 1. The Labute approximate surface area is 138 Å². The SMILES string of the molecule is CCCNC(=O)c1sc2nc(-c3ccc(OC)cc3)cn2c1C. The van der Waals surface area contributed by atoms with Gasteiger partial charge in [-0.05, 0) is 37.6 Å². The topological polar surface area (TPSA) is 55.6 Å². The van der Waals surface area contributed by atoms with E-state index in [2.05, 4.69) is 10.3 Å². The molecule has 1 amide bonds. The Kier molecular flexibility index (Phi) is 4.34. The van der Waals surface area contributed by atoms with Gasteiger partial charge in [-0.15, -0.1) is 0 Å². The van der Waals surface area contributed by atoms with Gasteiger partial charge in [0.05, 0.1) is 12.8 Å². The Hall–Kier alpha value is -2.34. The molecule has 1 N–H and O–H groups in total. The Bertz CT molecular complexity index is 834. The van der Waals surface area contributed by atoms with Gasteiger partial charge < -0.3 is 10.1 Å². The Morgan fingerprint density at radius 1 is 1.35 bits per heavy atom. The average molecular weight is 329 g/mol. The molecule has 0 spiro atoms. The number of ether oxygens (including phenoxy) is 1. The fraction of sp³-hybridized carbons (Fsp3) is 0.294. The molecule has 6 heteroatoms. The van der Waals surface area contributed by atoms with Gasteiger partial charge in [-0.25, -0.2) is 4.98 Å². The summed E-state index contributed by atoms with van der Waals surface area (Å²) in [5.41, 5.74) is 2.84. The summed E-state index contributed by atoms with van der Waals surface area (Å²) in [6.07, 6.45) is 2.90. The number of aryl methyl sites for hydroxylation is 1. The van der Waals surface area contributed by atoms with Crippen LogP contribution in [0.5, 0.6) is 5.75 Å². The lowest BCUT2D eigenvalue weighted by atomic mass is 10.2. The molecule has 0 aliphatic heterocycles. The molecule has 0 saturated carbocycles. The van der Waals surface area contributed by atoms with E-state index in [4.69, 9.17) is 4.74 Å². The second kappa shape index (κ2) is 6.42. The monoisotopic (exact) mass is 329 g/mol. The number of hydrogen-bond acceptors (Lipinski definition) is 4. The molecule has 0 radical (unpaired) electrons. The second-order valence-corrected chi connectivity index (χ2v) is 6.26. The second-order valence-electron chi connectivity index (χ2n) is 5.28. The summed E-state index contributed by atoms with van der Waals surface area (Å²) >= 11 is 1.42. The highest BCUT2D eigenvalue weighted by atomic mass is 32.1. The van der Waals surface area contributed by atoms with Crippen LogP contribution in [0.2, 0.25) is 0 Å². The molecule has 0 saturated heterocycles. The number of nitrogens with zero attached hydrogens (tertiary/aromatic N) is 2. The first-order chi connectivity index (χ1) is 11.1. The summed E-state index contributed by atoms with van der Waals surface area (Å²) in [4.78, 5) is 18.4. The quantitative estimate of drug-likeness (QED) is 0.779. The fourth-order valence-corrected chi connectivity index (χ4v) is 3.41. The van der Waals surface area contributed by atoms with Crippen LogP contribution >= 0.6 is 11.3 Å². The minimum Gasteiger partial charge on any atom is -0.497 e. The highest BCUT2D eigenvalue weighted by Crippen LogP contribution is 2.28. The fourth-order valence-electron chi connectivity index (χ4n) is 2.38. The van der Waals surface area contributed by atoms with Crippen molar-refractivity contribution in [2.24, 2.45) is 0 Å². The molecule has 0 bridgehead atoms. The van der Waals surface area contributed by atoms with E-state index in [1.54, 1.807) is 7.11 Å². The number of carbonyl (C=O) groups excluding carboxylic acids is 1. The molecule has 0 atom stereocenters. The van der Waals surface area contributed by atoms with Crippen LogP contribution in [0.15, 0.2) is 30.5 Å². The molecule has 0 aliphatic carbocycles. The molecule has 0 aliphatic rings. The zero-order valence-corrected chi connectivity index (χ0v) is 14.2. The van der Waals surface area contributed by atoms with Crippen molar-refractivity contribution in [2.75, 3.05) is 13.7 Å². The maximum atomic E-state index is 12.2. The van der Waals surface area contributed by atoms with Gasteiger partial charge in [-0.3, -0.25) is 9.20 Å². The van der Waals surface area contributed by atoms with Gasteiger partial charge in [0.25, 0.3) is 5.91 Å². The van der Waals surface area contributed by atoms with E-state index in [0.29, 0.717) is 6.54 Å². The standard InChI is InChI=1S/C17H19N3O2S/c1-4-9-18-16(21)15-11(2)20-10-14(19-17(20)23-15)12-5-7-13(22-3)8-6-12/h5-8,10H,4,9H2,1-3H3,(H,18,21). The maximum absolute atomic E-state index is 12.2. The van der Waals surface area contributed by atoms with E-state index in [1.807, 2.05) is 48.7 Å². The summed E-state index contributed by atoms with van der Waals surface area (Å²) in [6.45, 7) is 4.68. The number of hydrogen-bond donors (Lipinski definition) is 1. The van der Waals surface area contributed by atoms with Crippen molar-refractivity contribution in [1.82, 2.24) is 14.7 Å². The number of nitrogens with one attached hydrogen (secondary N) is 1. The van der Waals surface area contributed by atoms with Gasteiger partial charge in [-0.1, -0.05) is 18.3 Å². The summed E-state index contributed by atoms with van der Waals surface area (Å²) < 4.78 is 7.15. The van der Waals surface area contributed by atoms with E-state index in [1.165, 1.54) is 11.3 Å². The zero-order valence-electron chi connectivity index (χ0n) is 13.4. The van der Waals surface area contributed by atoms with Crippen molar-refractivity contribution in [3.63, 3.8) is 0 Å². The Balaban J connectivity index is 1.92. The molecule has 1 aromatic carbocycles. The zero-order chi connectivity index (χ0) is 16.4. The summed E-state index contributed by atoms with van der Waals surface area (Å²) in [7, 11) is 1.65. The number of fused-ring (bicyclic) bond motifs is 1. The van der Waals surface area contributed by atoms with Gasteiger partial charge in [-0.2, -0.15) is 0 Å². The number of methoxy groups -OCH3 is 1.